The Morgan fingerprint density at radius 2 is 2.10 bits per heavy atom. The topological polar surface area (TPSA) is 96.7 Å². The standard InChI is InChI=1S/C21H26FN7O2/c1-14(2)26-19-16(21(30)24-5-6-28-7-9-31-10-8-28)11-25-29-13-18(27-20(19)29)15-3-4-23-12-17(15)22/h3-4,11-14,26H,5-10H2,1-2H3,(H,24,30). The quantitative estimate of drug-likeness (QED) is 0.594. The van der Waals surface area contributed by atoms with Crippen molar-refractivity contribution in [2.45, 2.75) is 19.9 Å². The number of fused-ring (bicyclic) bond motifs is 1. The molecule has 1 amide bonds. The molecule has 164 valence electrons. The van der Waals surface area contributed by atoms with E-state index in [0.717, 1.165) is 39.0 Å². The van der Waals surface area contributed by atoms with Crippen molar-refractivity contribution in [3.8, 4) is 11.3 Å². The highest BCUT2D eigenvalue weighted by atomic mass is 19.1. The van der Waals surface area contributed by atoms with Crippen LogP contribution in [0.1, 0.15) is 24.2 Å². The third-order valence-electron chi connectivity index (χ3n) is 5.04. The van der Waals surface area contributed by atoms with Gasteiger partial charge in [0.2, 0.25) is 0 Å². The van der Waals surface area contributed by atoms with Crippen LogP contribution in [0.3, 0.4) is 0 Å². The molecule has 3 aromatic rings. The van der Waals surface area contributed by atoms with E-state index in [4.69, 9.17) is 4.74 Å². The van der Waals surface area contributed by atoms with Gasteiger partial charge in [-0.2, -0.15) is 5.10 Å². The van der Waals surface area contributed by atoms with E-state index in [1.807, 2.05) is 13.8 Å². The van der Waals surface area contributed by atoms with Gasteiger partial charge in [-0.25, -0.2) is 13.9 Å². The van der Waals surface area contributed by atoms with Crippen molar-refractivity contribution < 1.29 is 13.9 Å². The summed E-state index contributed by atoms with van der Waals surface area (Å²) in [6.07, 6.45) is 5.80. The van der Waals surface area contributed by atoms with Gasteiger partial charge >= 0.3 is 0 Å². The van der Waals surface area contributed by atoms with Crippen molar-refractivity contribution in [3.63, 3.8) is 0 Å². The number of carbonyl (C=O) groups is 1. The van der Waals surface area contributed by atoms with Crippen molar-refractivity contribution in [3.05, 3.63) is 42.2 Å². The van der Waals surface area contributed by atoms with Crippen molar-refractivity contribution in [1.29, 1.82) is 0 Å². The van der Waals surface area contributed by atoms with Gasteiger partial charge in [-0.05, 0) is 19.9 Å². The van der Waals surface area contributed by atoms with E-state index in [1.54, 1.807) is 16.8 Å². The summed E-state index contributed by atoms with van der Waals surface area (Å²) >= 11 is 0. The predicted molar refractivity (Wildman–Crippen MR) is 115 cm³/mol. The molecule has 0 aromatic carbocycles. The van der Waals surface area contributed by atoms with E-state index in [-0.39, 0.29) is 11.9 Å². The fraction of sp³-hybridized carbons (Fsp3) is 0.429. The summed E-state index contributed by atoms with van der Waals surface area (Å²) in [5.41, 5.74) is 2.17. The molecule has 0 saturated carbocycles. The number of hydrogen-bond donors (Lipinski definition) is 2. The number of morpholine rings is 1. The summed E-state index contributed by atoms with van der Waals surface area (Å²) in [4.78, 5) is 23.5. The Kier molecular flexibility index (Phi) is 6.38. The normalized spacial score (nSPS) is 14.8. The van der Waals surface area contributed by atoms with Crippen molar-refractivity contribution in [2.24, 2.45) is 0 Å². The number of rotatable bonds is 7. The van der Waals surface area contributed by atoms with Crippen LogP contribution in [-0.2, 0) is 4.74 Å². The number of ether oxygens (including phenoxy) is 1. The minimum Gasteiger partial charge on any atom is -0.379 e. The molecule has 0 unspecified atom stereocenters. The molecule has 2 N–H and O–H groups in total. The van der Waals surface area contributed by atoms with Crippen LogP contribution < -0.4 is 10.6 Å². The summed E-state index contributed by atoms with van der Waals surface area (Å²) in [5.74, 6) is -0.698. The monoisotopic (exact) mass is 427 g/mol. The molecule has 4 rings (SSSR count). The molecular formula is C21H26FN7O2. The lowest BCUT2D eigenvalue weighted by Gasteiger charge is -2.26. The largest absolute Gasteiger partial charge is 0.379 e. The minimum absolute atomic E-state index is 0.0592. The van der Waals surface area contributed by atoms with Crippen LogP contribution in [-0.4, -0.2) is 75.8 Å². The second kappa shape index (κ2) is 9.36. The highest BCUT2D eigenvalue weighted by Gasteiger charge is 2.20. The average Bonchev–Trinajstić information content (AvgIpc) is 3.19. The molecule has 0 spiro atoms. The summed E-state index contributed by atoms with van der Waals surface area (Å²) in [7, 11) is 0. The van der Waals surface area contributed by atoms with E-state index in [9.17, 15) is 9.18 Å². The molecule has 0 atom stereocenters. The first-order chi connectivity index (χ1) is 15.0. The van der Waals surface area contributed by atoms with Crippen LogP contribution in [0.15, 0.2) is 30.9 Å². The van der Waals surface area contributed by atoms with Crippen LogP contribution in [0.25, 0.3) is 16.9 Å². The fourth-order valence-corrected chi connectivity index (χ4v) is 3.50. The number of aromatic nitrogens is 4. The van der Waals surface area contributed by atoms with E-state index in [2.05, 4.69) is 30.6 Å². The number of imidazole rings is 1. The number of halogens is 1. The second-order valence-corrected chi connectivity index (χ2v) is 7.69. The molecule has 0 radical (unpaired) electrons. The number of hydrogen-bond acceptors (Lipinski definition) is 7. The van der Waals surface area contributed by atoms with Crippen LogP contribution in [0, 0.1) is 5.82 Å². The van der Waals surface area contributed by atoms with Gasteiger partial charge in [0.05, 0.1) is 48.7 Å². The lowest BCUT2D eigenvalue weighted by Crippen LogP contribution is -2.41. The summed E-state index contributed by atoms with van der Waals surface area (Å²) in [5, 5.41) is 10.6. The van der Waals surface area contributed by atoms with E-state index in [1.165, 1.54) is 12.4 Å². The molecule has 1 saturated heterocycles. The van der Waals surface area contributed by atoms with Gasteiger partial charge in [0.25, 0.3) is 5.91 Å². The smallest absolute Gasteiger partial charge is 0.255 e. The Hall–Kier alpha value is -3.11. The molecule has 10 heteroatoms. The number of anilines is 1. The molecule has 1 aliphatic rings. The maximum absolute atomic E-state index is 14.2. The SMILES string of the molecule is CC(C)Nc1c(C(=O)NCCN2CCOCC2)cnn2cc(-c3ccncc3F)nc12. The zero-order chi connectivity index (χ0) is 21.8. The Bertz CT molecular complexity index is 1060. The molecular weight excluding hydrogens is 401 g/mol. The third-order valence-corrected chi connectivity index (χ3v) is 5.04. The van der Waals surface area contributed by atoms with Crippen LogP contribution in [0.4, 0.5) is 10.1 Å². The van der Waals surface area contributed by atoms with E-state index in [0.29, 0.717) is 34.7 Å². The Labute approximate surface area is 179 Å². The number of nitrogens with one attached hydrogen (secondary N) is 2. The highest BCUT2D eigenvalue weighted by Crippen LogP contribution is 2.26. The van der Waals surface area contributed by atoms with Crippen molar-refractivity contribution >= 4 is 17.2 Å². The number of pyridine rings is 1. The molecule has 1 aliphatic heterocycles. The number of amides is 1. The minimum atomic E-state index is -0.467. The first-order valence-electron chi connectivity index (χ1n) is 10.4. The molecule has 0 bridgehead atoms. The number of nitrogens with zero attached hydrogens (tertiary/aromatic N) is 5. The summed E-state index contributed by atoms with van der Waals surface area (Å²) in [6.45, 7) is 8.40. The molecule has 0 aliphatic carbocycles. The molecule has 4 heterocycles. The highest BCUT2D eigenvalue weighted by molar-refractivity contribution is 6.02. The zero-order valence-electron chi connectivity index (χ0n) is 17.6. The van der Waals surface area contributed by atoms with Gasteiger partial charge in [0, 0.05) is 44.0 Å². The van der Waals surface area contributed by atoms with Gasteiger partial charge in [-0.3, -0.25) is 14.7 Å². The maximum Gasteiger partial charge on any atom is 0.255 e. The third kappa shape index (κ3) is 4.80. The number of carbonyl (C=O) groups excluding carboxylic acids is 1. The second-order valence-electron chi connectivity index (χ2n) is 7.69. The predicted octanol–water partition coefficient (Wildman–Crippen LogP) is 1.81. The van der Waals surface area contributed by atoms with Crippen LogP contribution in [0.5, 0.6) is 0 Å². The molecule has 3 aromatic heterocycles. The van der Waals surface area contributed by atoms with Gasteiger partial charge in [-0.15, -0.1) is 0 Å². The maximum atomic E-state index is 14.2. The fourth-order valence-electron chi connectivity index (χ4n) is 3.50. The first kappa shape index (κ1) is 21.1. The lowest BCUT2D eigenvalue weighted by molar-refractivity contribution is 0.0383. The van der Waals surface area contributed by atoms with Crippen molar-refractivity contribution in [1.82, 2.24) is 29.8 Å². The lowest BCUT2D eigenvalue weighted by atomic mass is 10.2. The van der Waals surface area contributed by atoms with E-state index >= 15 is 0 Å². The van der Waals surface area contributed by atoms with Crippen molar-refractivity contribution in [2.75, 3.05) is 44.7 Å². The average molecular weight is 427 g/mol. The molecule has 1 fully saturated rings. The summed E-state index contributed by atoms with van der Waals surface area (Å²) < 4.78 is 21.1. The molecule has 31 heavy (non-hydrogen) atoms. The van der Waals surface area contributed by atoms with Gasteiger partial charge in [-0.1, -0.05) is 0 Å². The first-order valence-corrected chi connectivity index (χ1v) is 10.4. The van der Waals surface area contributed by atoms with Gasteiger partial charge in [0.15, 0.2) is 11.5 Å². The Morgan fingerprint density at radius 3 is 2.84 bits per heavy atom. The van der Waals surface area contributed by atoms with Crippen LogP contribution in [0.2, 0.25) is 0 Å². The summed E-state index contributed by atoms with van der Waals surface area (Å²) in [6, 6.07) is 1.62. The van der Waals surface area contributed by atoms with Crippen LogP contribution >= 0.6 is 0 Å². The Balaban J connectivity index is 1.60. The van der Waals surface area contributed by atoms with E-state index < -0.39 is 5.82 Å². The van der Waals surface area contributed by atoms with Gasteiger partial charge < -0.3 is 15.4 Å². The van der Waals surface area contributed by atoms with Gasteiger partial charge in [0.1, 0.15) is 0 Å². The molecule has 9 nitrogen and oxygen atoms in total. The zero-order valence-corrected chi connectivity index (χ0v) is 17.6. The Morgan fingerprint density at radius 1 is 1.29 bits per heavy atom.